The van der Waals surface area contributed by atoms with Crippen LogP contribution in [-0.4, -0.2) is 21.6 Å². The van der Waals surface area contributed by atoms with E-state index in [0.29, 0.717) is 17.3 Å². The summed E-state index contributed by atoms with van der Waals surface area (Å²) in [5, 5.41) is 3.61. The van der Waals surface area contributed by atoms with Gasteiger partial charge in [0.25, 0.3) is 0 Å². The molecule has 2 aromatic rings. The highest BCUT2D eigenvalue weighted by molar-refractivity contribution is 14.1. The number of ether oxygens (including phenoxy) is 1. The Morgan fingerprint density at radius 1 is 1.26 bits per heavy atom. The van der Waals surface area contributed by atoms with Crippen LogP contribution in [0, 0.1) is 3.57 Å². The monoisotopic (exact) mass is 410 g/mol. The number of anilines is 2. The summed E-state index contributed by atoms with van der Waals surface area (Å²) < 4.78 is 6.23. The predicted octanol–water partition coefficient (Wildman–Crippen LogP) is 3.93. The average molecular weight is 411 g/mol. The third-order valence-electron chi connectivity index (χ3n) is 2.04. The summed E-state index contributed by atoms with van der Waals surface area (Å²) >= 11 is 14.1. The standard InChI is InChI=1S/C11H9Cl2IN4O/c1-2-19-11-17-9(13)16-10(18-11)15-8-4-3-6(14)5-7(8)12/h3-5H,2H2,1H3,(H,15,16,17,18). The number of nitrogens with zero attached hydrogens (tertiary/aromatic N) is 3. The van der Waals surface area contributed by atoms with Gasteiger partial charge in [0, 0.05) is 3.57 Å². The van der Waals surface area contributed by atoms with E-state index in [2.05, 4.69) is 42.9 Å². The molecule has 0 aliphatic carbocycles. The van der Waals surface area contributed by atoms with Gasteiger partial charge in [-0.05, 0) is 59.3 Å². The summed E-state index contributed by atoms with van der Waals surface area (Å²) in [6.07, 6.45) is 0. The second-order valence-electron chi connectivity index (χ2n) is 3.39. The van der Waals surface area contributed by atoms with E-state index in [1.165, 1.54) is 0 Å². The van der Waals surface area contributed by atoms with E-state index in [-0.39, 0.29) is 17.2 Å². The molecule has 0 radical (unpaired) electrons. The number of aromatic nitrogens is 3. The predicted molar refractivity (Wildman–Crippen MR) is 83.5 cm³/mol. The third-order valence-corrected chi connectivity index (χ3v) is 3.19. The lowest BCUT2D eigenvalue weighted by molar-refractivity contribution is 0.312. The summed E-state index contributed by atoms with van der Waals surface area (Å²) in [5.74, 6) is 0.284. The van der Waals surface area contributed by atoms with Crippen molar-refractivity contribution < 1.29 is 4.74 Å². The lowest BCUT2D eigenvalue weighted by Gasteiger charge is -2.08. The van der Waals surface area contributed by atoms with Crippen molar-refractivity contribution in [3.63, 3.8) is 0 Å². The van der Waals surface area contributed by atoms with Crippen molar-refractivity contribution in [2.75, 3.05) is 11.9 Å². The van der Waals surface area contributed by atoms with Crippen LogP contribution >= 0.6 is 45.8 Å². The zero-order chi connectivity index (χ0) is 13.8. The molecule has 0 aliphatic heterocycles. The SMILES string of the molecule is CCOc1nc(Cl)nc(Nc2ccc(I)cc2Cl)n1. The number of rotatable bonds is 4. The minimum Gasteiger partial charge on any atom is -0.464 e. The summed E-state index contributed by atoms with van der Waals surface area (Å²) in [4.78, 5) is 11.9. The highest BCUT2D eigenvalue weighted by Crippen LogP contribution is 2.26. The maximum absolute atomic E-state index is 6.12. The molecular formula is C11H9Cl2IN4O. The van der Waals surface area contributed by atoms with Gasteiger partial charge in [0.2, 0.25) is 11.2 Å². The molecule has 0 saturated heterocycles. The van der Waals surface area contributed by atoms with Crippen molar-refractivity contribution in [3.05, 3.63) is 32.1 Å². The van der Waals surface area contributed by atoms with Crippen molar-refractivity contribution in [1.29, 1.82) is 0 Å². The number of nitrogens with one attached hydrogen (secondary N) is 1. The smallest absolute Gasteiger partial charge is 0.322 e. The van der Waals surface area contributed by atoms with Crippen LogP contribution < -0.4 is 10.1 Å². The van der Waals surface area contributed by atoms with Crippen LogP contribution in [0.1, 0.15) is 6.92 Å². The first-order valence-corrected chi connectivity index (χ1v) is 7.18. The Hall–Kier alpha value is -0.860. The molecule has 19 heavy (non-hydrogen) atoms. The highest BCUT2D eigenvalue weighted by atomic mass is 127. The Bertz CT molecular complexity index is 597. The van der Waals surface area contributed by atoms with E-state index >= 15 is 0 Å². The van der Waals surface area contributed by atoms with E-state index in [9.17, 15) is 0 Å². The van der Waals surface area contributed by atoms with Crippen molar-refractivity contribution in [2.24, 2.45) is 0 Å². The third kappa shape index (κ3) is 4.05. The van der Waals surface area contributed by atoms with Crippen LogP contribution in [0.5, 0.6) is 6.01 Å². The van der Waals surface area contributed by atoms with Gasteiger partial charge in [-0.15, -0.1) is 0 Å². The van der Waals surface area contributed by atoms with Crippen molar-refractivity contribution in [3.8, 4) is 6.01 Å². The van der Waals surface area contributed by atoms with Crippen LogP contribution in [0.3, 0.4) is 0 Å². The normalized spacial score (nSPS) is 10.3. The van der Waals surface area contributed by atoms with Gasteiger partial charge in [0.05, 0.1) is 17.3 Å². The maximum atomic E-state index is 6.12. The van der Waals surface area contributed by atoms with Crippen molar-refractivity contribution in [1.82, 2.24) is 15.0 Å². The lowest BCUT2D eigenvalue weighted by atomic mass is 10.3. The molecule has 0 aliphatic rings. The average Bonchev–Trinajstić information content (AvgIpc) is 2.32. The molecular weight excluding hydrogens is 402 g/mol. The Balaban J connectivity index is 2.27. The van der Waals surface area contributed by atoms with E-state index in [0.717, 1.165) is 3.57 Å². The first kappa shape index (κ1) is 14.5. The largest absolute Gasteiger partial charge is 0.464 e. The molecule has 0 unspecified atom stereocenters. The fourth-order valence-electron chi connectivity index (χ4n) is 1.29. The molecule has 0 bridgehead atoms. The molecule has 1 aromatic heterocycles. The molecule has 0 amide bonds. The number of hydrogen-bond donors (Lipinski definition) is 1. The molecule has 5 nitrogen and oxygen atoms in total. The maximum Gasteiger partial charge on any atom is 0.322 e. The van der Waals surface area contributed by atoms with Gasteiger partial charge in [-0.1, -0.05) is 11.6 Å². The van der Waals surface area contributed by atoms with Crippen LogP contribution in [0.4, 0.5) is 11.6 Å². The topological polar surface area (TPSA) is 59.9 Å². The van der Waals surface area contributed by atoms with Gasteiger partial charge in [0.15, 0.2) is 0 Å². The fourth-order valence-corrected chi connectivity index (χ4v) is 2.35. The summed E-state index contributed by atoms with van der Waals surface area (Å²) in [6, 6.07) is 5.76. The van der Waals surface area contributed by atoms with Gasteiger partial charge in [0.1, 0.15) is 0 Å². The van der Waals surface area contributed by atoms with Crippen LogP contribution in [-0.2, 0) is 0 Å². The van der Waals surface area contributed by atoms with E-state index < -0.39 is 0 Å². The van der Waals surface area contributed by atoms with Gasteiger partial charge in [-0.2, -0.15) is 15.0 Å². The Morgan fingerprint density at radius 3 is 2.74 bits per heavy atom. The van der Waals surface area contributed by atoms with E-state index in [1.54, 1.807) is 0 Å². The summed E-state index contributed by atoms with van der Waals surface area (Å²) in [5.41, 5.74) is 0.687. The molecule has 8 heteroatoms. The Kier molecular flexibility index (Phi) is 5.00. The Labute approximate surface area is 133 Å². The summed E-state index contributed by atoms with van der Waals surface area (Å²) in [7, 11) is 0. The molecule has 0 saturated carbocycles. The quantitative estimate of drug-likeness (QED) is 0.774. The highest BCUT2D eigenvalue weighted by Gasteiger charge is 2.08. The minimum atomic E-state index is 0.0579. The number of halogens is 3. The minimum absolute atomic E-state index is 0.0579. The molecule has 0 spiro atoms. The second kappa shape index (κ2) is 6.53. The second-order valence-corrected chi connectivity index (χ2v) is 5.38. The molecule has 2 rings (SSSR count). The van der Waals surface area contributed by atoms with Crippen LogP contribution in [0.15, 0.2) is 18.2 Å². The number of hydrogen-bond acceptors (Lipinski definition) is 5. The molecule has 1 aromatic carbocycles. The first-order chi connectivity index (χ1) is 9.08. The van der Waals surface area contributed by atoms with Gasteiger partial charge < -0.3 is 10.1 Å². The van der Waals surface area contributed by atoms with Crippen LogP contribution in [0.2, 0.25) is 10.3 Å². The van der Waals surface area contributed by atoms with Gasteiger partial charge in [-0.3, -0.25) is 0 Å². The molecule has 0 atom stereocenters. The van der Waals surface area contributed by atoms with Crippen LogP contribution in [0.25, 0.3) is 0 Å². The molecule has 1 N–H and O–H groups in total. The Morgan fingerprint density at radius 2 is 2.05 bits per heavy atom. The van der Waals surface area contributed by atoms with Gasteiger partial charge >= 0.3 is 6.01 Å². The molecule has 1 heterocycles. The van der Waals surface area contributed by atoms with Gasteiger partial charge in [-0.25, -0.2) is 0 Å². The van der Waals surface area contributed by atoms with Crippen molar-refractivity contribution in [2.45, 2.75) is 6.92 Å². The number of benzene rings is 1. The van der Waals surface area contributed by atoms with E-state index in [4.69, 9.17) is 27.9 Å². The van der Waals surface area contributed by atoms with E-state index in [1.807, 2.05) is 25.1 Å². The zero-order valence-electron chi connectivity index (χ0n) is 9.82. The molecule has 0 fully saturated rings. The fraction of sp³-hybridized carbons (Fsp3) is 0.182. The molecule has 100 valence electrons. The summed E-state index contributed by atoms with van der Waals surface area (Å²) in [6.45, 7) is 2.28. The lowest BCUT2D eigenvalue weighted by Crippen LogP contribution is -2.04. The zero-order valence-corrected chi connectivity index (χ0v) is 13.5. The first-order valence-electron chi connectivity index (χ1n) is 5.35. The van der Waals surface area contributed by atoms with Crippen molar-refractivity contribution >= 4 is 57.4 Å².